The normalized spacial score (nSPS) is 12.4. The highest BCUT2D eigenvalue weighted by Crippen LogP contribution is 2.12. The first kappa shape index (κ1) is 11.1. The van der Waals surface area contributed by atoms with Crippen LogP contribution in [0.4, 0.5) is 0 Å². The molecule has 0 N–H and O–H groups in total. The molecule has 86 valence electrons. The van der Waals surface area contributed by atoms with Crippen molar-refractivity contribution in [3.63, 3.8) is 0 Å². The van der Waals surface area contributed by atoms with Crippen molar-refractivity contribution in [3.8, 4) is 0 Å². The van der Waals surface area contributed by atoms with Crippen molar-refractivity contribution in [3.05, 3.63) is 24.3 Å². The van der Waals surface area contributed by atoms with Crippen LogP contribution in [0.1, 0.15) is 13.8 Å². The van der Waals surface area contributed by atoms with Gasteiger partial charge in [0.1, 0.15) is 11.4 Å². The third-order valence-corrected chi connectivity index (χ3v) is 4.48. The molecule has 0 aliphatic carbocycles. The lowest BCUT2D eigenvalue weighted by Crippen LogP contribution is -2.20. The SMILES string of the molecule is CC(C)S(=O)(=O)Cn1nnc2ccccc21. The lowest BCUT2D eigenvalue weighted by atomic mass is 10.3. The molecule has 0 aliphatic rings. The highest BCUT2D eigenvalue weighted by molar-refractivity contribution is 7.91. The predicted molar refractivity (Wildman–Crippen MR) is 61.6 cm³/mol. The molecule has 0 unspecified atom stereocenters. The van der Waals surface area contributed by atoms with Gasteiger partial charge in [0.05, 0.1) is 10.8 Å². The molecule has 0 bridgehead atoms. The molecule has 5 nitrogen and oxygen atoms in total. The number of aromatic nitrogens is 3. The smallest absolute Gasteiger partial charge is 0.172 e. The third kappa shape index (κ3) is 1.92. The van der Waals surface area contributed by atoms with E-state index in [2.05, 4.69) is 10.3 Å². The summed E-state index contributed by atoms with van der Waals surface area (Å²) in [5.74, 6) is -0.120. The summed E-state index contributed by atoms with van der Waals surface area (Å²) >= 11 is 0. The van der Waals surface area contributed by atoms with E-state index in [9.17, 15) is 8.42 Å². The average Bonchev–Trinajstić information content (AvgIpc) is 2.61. The number of rotatable bonds is 3. The van der Waals surface area contributed by atoms with Crippen molar-refractivity contribution < 1.29 is 8.42 Å². The Morgan fingerprint density at radius 2 is 2.00 bits per heavy atom. The predicted octanol–water partition coefficient (Wildman–Crippen LogP) is 1.21. The van der Waals surface area contributed by atoms with Crippen LogP contribution in [0.25, 0.3) is 11.0 Å². The van der Waals surface area contributed by atoms with Crippen LogP contribution in [0.3, 0.4) is 0 Å². The lowest BCUT2D eigenvalue weighted by Gasteiger charge is -2.07. The zero-order valence-electron chi connectivity index (χ0n) is 9.16. The average molecular weight is 239 g/mol. The van der Waals surface area contributed by atoms with Gasteiger partial charge in [-0.2, -0.15) is 0 Å². The van der Waals surface area contributed by atoms with E-state index in [1.807, 2.05) is 18.2 Å². The standard InChI is InChI=1S/C10H13N3O2S/c1-8(2)16(14,15)7-13-10-6-4-3-5-9(10)11-12-13/h3-6,8H,7H2,1-2H3. The van der Waals surface area contributed by atoms with Gasteiger partial charge >= 0.3 is 0 Å². The van der Waals surface area contributed by atoms with Gasteiger partial charge in [0, 0.05) is 0 Å². The van der Waals surface area contributed by atoms with Crippen LogP contribution < -0.4 is 0 Å². The second kappa shape index (κ2) is 3.86. The number of fused-ring (bicyclic) bond motifs is 1. The van der Waals surface area contributed by atoms with Crippen LogP contribution in [0, 0.1) is 0 Å². The molecule has 0 radical (unpaired) electrons. The lowest BCUT2D eigenvalue weighted by molar-refractivity contribution is 0.566. The fourth-order valence-corrected chi connectivity index (χ4v) is 2.16. The van der Waals surface area contributed by atoms with Crippen LogP contribution in [-0.2, 0) is 15.7 Å². The Bertz CT molecular complexity index is 601. The van der Waals surface area contributed by atoms with E-state index in [0.717, 1.165) is 5.52 Å². The van der Waals surface area contributed by atoms with Crippen molar-refractivity contribution in [2.24, 2.45) is 0 Å². The monoisotopic (exact) mass is 239 g/mol. The summed E-state index contributed by atoms with van der Waals surface area (Å²) < 4.78 is 24.9. The molecule has 0 aliphatic heterocycles. The third-order valence-electron chi connectivity index (χ3n) is 2.44. The topological polar surface area (TPSA) is 64.8 Å². The summed E-state index contributed by atoms with van der Waals surface area (Å²) in [7, 11) is -3.15. The van der Waals surface area contributed by atoms with Gasteiger partial charge in [-0.15, -0.1) is 5.10 Å². The molecule has 0 saturated carbocycles. The van der Waals surface area contributed by atoms with Gasteiger partial charge in [-0.05, 0) is 26.0 Å². The maximum absolute atomic E-state index is 11.8. The van der Waals surface area contributed by atoms with E-state index in [-0.39, 0.29) is 5.88 Å². The fraction of sp³-hybridized carbons (Fsp3) is 0.400. The zero-order chi connectivity index (χ0) is 11.8. The molecule has 1 heterocycles. The minimum Gasteiger partial charge on any atom is -0.229 e. The summed E-state index contributed by atoms with van der Waals surface area (Å²) in [6, 6.07) is 7.30. The summed E-state index contributed by atoms with van der Waals surface area (Å²) in [5.41, 5.74) is 1.45. The van der Waals surface area contributed by atoms with Gasteiger partial charge in [-0.3, -0.25) is 0 Å². The van der Waals surface area contributed by atoms with E-state index in [1.165, 1.54) is 4.68 Å². The summed E-state index contributed by atoms with van der Waals surface area (Å²) in [5, 5.41) is 7.35. The molecule has 0 amide bonds. The summed E-state index contributed by atoms with van der Waals surface area (Å²) in [4.78, 5) is 0. The van der Waals surface area contributed by atoms with Crippen LogP contribution in [0.15, 0.2) is 24.3 Å². The van der Waals surface area contributed by atoms with E-state index in [0.29, 0.717) is 5.52 Å². The van der Waals surface area contributed by atoms with E-state index < -0.39 is 15.1 Å². The van der Waals surface area contributed by atoms with Gasteiger partial charge < -0.3 is 0 Å². The molecule has 0 atom stereocenters. The van der Waals surface area contributed by atoms with E-state index in [4.69, 9.17) is 0 Å². The van der Waals surface area contributed by atoms with E-state index >= 15 is 0 Å². The minimum atomic E-state index is -3.15. The quantitative estimate of drug-likeness (QED) is 0.807. The fourth-order valence-electron chi connectivity index (χ4n) is 1.33. The van der Waals surface area contributed by atoms with Crippen molar-refractivity contribution >= 4 is 20.9 Å². The molecule has 6 heteroatoms. The van der Waals surface area contributed by atoms with Gasteiger partial charge in [-0.25, -0.2) is 13.1 Å². The first-order valence-corrected chi connectivity index (χ1v) is 6.72. The molecule has 0 fully saturated rings. The highest BCUT2D eigenvalue weighted by atomic mass is 32.2. The molecule has 2 rings (SSSR count). The molecule has 0 spiro atoms. The zero-order valence-corrected chi connectivity index (χ0v) is 9.98. The molecular weight excluding hydrogens is 226 g/mol. The van der Waals surface area contributed by atoms with Gasteiger partial charge in [-0.1, -0.05) is 17.3 Å². The van der Waals surface area contributed by atoms with Crippen molar-refractivity contribution in [1.29, 1.82) is 0 Å². The maximum atomic E-state index is 11.8. The molecule has 2 aromatic rings. The Morgan fingerprint density at radius 1 is 1.31 bits per heavy atom. The van der Waals surface area contributed by atoms with Crippen LogP contribution in [-0.4, -0.2) is 28.7 Å². The molecule has 1 aromatic heterocycles. The minimum absolute atomic E-state index is 0.120. The van der Waals surface area contributed by atoms with Crippen LogP contribution >= 0.6 is 0 Å². The number of hydrogen-bond acceptors (Lipinski definition) is 4. The van der Waals surface area contributed by atoms with Crippen LogP contribution in [0.2, 0.25) is 0 Å². The molecule has 0 saturated heterocycles. The second-order valence-corrected chi connectivity index (χ2v) is 6.45. The summed E-state index contributed by atoms with van der Waals surface area (Å²) in [6.07, 6.45) is 0. The van der Waals surface area contributed by atoms with Crippen molar-refractivity contribution in [2.45, 2.75) is 25.0 Å². The van der Waals surface area contributed by atoms with Gasteiger partial charge in [0.2, 0.25) is 0 Å². The first-order valence-electron chi connectivity index (χ1n) is 5.00. The summed E-state index contributed by atoms with van der Waals surface area (Å²) in [6.45, 7) is 3.32. The highest BCUT2D eigenvalue weighted by Gasteiger charge is 2.18. The number of hydrogen-bond donors (Lipinski definition) is 0. The largest absolute Gasteiger partial charge is 0.229 e. The maximum Gasteiger partial charge on any atom is 0.172 e. The number of sulfone groups is 1. The van der Waals surface area contributed by atoms with Gasteiger partial charge in [0.15, 0.2) is 9.84 Å². The molecular formula is C10H13N3O2S. The Hall–Kier alpha value is -1.43. The Labute approximate surface area is 94.0 Å². The van der Waals surface area contributed by atoms with Crippen molar-refractivity contribution in [1.82, 2.24) is 15.0 Å². The Kier molecular flexibility index (Phi) is 2.67. The molecule has 16 heavy (non-hydrogen) atoms. The number of nitrogens with zero attached hydrogens (tertiary/aromatic N) is 3. The molecule has 1 aromatic carbocycles. The second-order valence-electron chi connectivity index (χ2n) is 3.92. The Balaban J connectivity index is 2.43. The Morgan fingerprint density at radius 3 is 2.69 bits per heavy atom. The van der Waals surface area contributed by atoms with Gasteiger partial charge in [0.25, 0.3) is 0 Å². The van der Waals surface area contributed by atoms with Crippen LogP contribution in [0.5, 0.6) is 0 Å². The van der Waals surface area contributed by atoms with E-state index in [1.54, 1.807) is 19.9 Å². The number of para-hydroxylation sites is 1. The first-order chi connectivity index (χ1) is 7.50. The number of benzene rings is 1. The van der Waals surface area contributed by atoms with Crippen molar-refractivity contribution in [2.75, 3.05) is 0 Å².